The molecule has 0 saturated heterocycles. The minimum absolute atomic E-state index is 0.122. The highest BCUT2D eigenvalue weighted by atomic mass is 32.2. The van der Waals surface area contributed by atoms with Crippen LogP contribution >= 0.6 is 11.8 Å². The van der Waals surface area contributed by atoms with Crippen LogP contribution in [0.1, 0.15) is 29.0 Å². The van der Waals surface area contributed by atoms with Crippen LogP contribution in [-0.4, -0.2) is 21.2 Å². The quantitative estimate of drug-likeness (QED) is 0.345. The van der Waals surface area contributed by atoms with Crippen LogP contribution in [0.2, 0.25) is 0 Å². The van der Waals surface area contributed by atoms with Crippen molar-refractivity contribution in [3.63, 3.8) is 0 Å². The first kappa shape index (κ1) is 20.9. The van der Waals surface area contributed by atoms with E-state index in [4.69, 9.17) is 4.74 Å². The van der Waals surface area contributed by atoms with Crippen LogP contribution in [0, 0.1) is 0 Å². The van der Waals surface area contributed by atoms with Gasteiger partial charge in [-0.1, -0.05) is 60.3 Å². The number of anilines is 1. The van der Waals surface area contributed by atoms with Gasteiger partial charge in [-0.15, -0.1) is 6.58 Å². The number of rotatable bonds is 7. The van der Waals surface area contributed by atoms with Crippen molar-refractivity contribution in [2.75, 3.05) is 11.1 Å². The molecule has 1 aliphatic heterocycles. The fourth-order valence-electron chi connectivity index (χ4n) is 3.62. The molecule has 3 aromatic rings. The number of aromatic nitrogens is 2. The van der Waals surface area contributed by atoms with E-state index in [-0.39, 0.29) is 23.8 Å². The first-order chi connectivity index (χ1) is 15.1. The number of nitrogens with zero attached hydrogens (tertiary/aromatic N) is 2. The predicted molar refractivity (Wildman–Crippen MR) is 123 cm³/mol. The molecule has 2 aromatic carbocycles. The molecule has 1 amide bonds. The van der Waals surface area contributed by atoms with Crippen LogP contribution in [0.3, 0.4) is 0 Å². The van der Waals surface area contributed by atoms with E-state index in [1.54, 1.807) is 17.7 Å². The number of nitrogens with one attached hydrogen (secondary N) is 1. The second kappa shape index (κ2) is 9.22. The van der Waals surface area contributed by atoms with Gasteiger partial charge in [0.1, 0.15) is 18.2 Å². The van der Waals surface area contributed by atoms with Gasteiger partial charge < -0.3 is 14.6 Å². The summed E-state index contributed by atoms with van der Waals surface area (Å²) in [4.78, 5) is 29.6. The van der Waals surface area contributed by atoms with Gasteiger partial charge in [-0.05, 0) is 23.3 Å². The number of carbonyl (C=O) groups excluding carboxylic acids is 1. The Labute approximate surface area is 185 Å². The monoisotopic (exact) mass is 433 g/mol. The molecule has 4 rings (SSSR count). The van der Waals surface area contributed by atoms with Gasteiger partial charge in [0.05, 0.1) is 5.56 Å². The molecule has 6 nitrogen and oxygen atoms in total. The standard InChI is InChI=1S/C24H23N3O3S/c1-3-13-31-24-26-23(29)21-19(14-20(28)25-22(21)27(24)2)17-9-11-18(12-10-17)30-15-16-7-5-4-6-8-16/h3-12,19H,1,13-15H2,2H3,(H,25,28)/t19-/m0/s1. The van der Waals surface area contributed by atoms with E-state index >= 15 is 0 Å². The van der Waals surface area contributed by atoms with E-state index in [1.807, 2.05) is 54.6 Å². The van der Waals surface area contributed by atoms with Gasteiger partial charge in [0, 0.05) is 25.1 Å². The summed E-state index contributed by atoms with van der Waals surface area (Å²) in [5.74, 6) is 1.40. The van der Waals surface area contributed by atoms with Crippen molar-refractivity contribution in [3.05, 3.63) is 94.3 Å². The molecule has 158 valence electrons. The van der Waals surface area contributed by atoms with Crippen molar-refractivity contribution in [3.8, 4) is 5.75 Å². The lowest BCUT2D eigenvalue weighted by Gasteiger charge is -2.27. The molecular formula is C24H23N3O3S. The lowest BCUT2D eigenvalue weighted by Crippen LogP contribution is -2.33. The van der Waals surface area contributed by atoms with Gasteiger partial charge in [-0.25, -0.2) is 0 Å². The van der Waals surface area contributed by atoms with E-state index in [0.717, 1.165) is 16.9 Å². The molecule has 0 spiro atoms. The van der Waals surface area contributed by atoms with Crippen molar-refractivity contribution in [2.45, 2.75) is 24.1 Å². The Morgan fingerprint density at radius 3 is 2.65 bits per heavy atom. The number of ether oxygens (including phenoxy) is 1. The number of amides is 1. The van der Waals surface area contributed by atoms with E-state index in [2.05, 4.69) is 16.9 Å². The molecule has 0 saturated carbocycles. The average Bonchev–Trinajstić information content (AvgIpc) is 2.79. The normalized spacial score (nSPS) is 15.1. The molecule has 1 aliphatic rings. The predicted octanol–water partition coefficient (Wildman–Crippen LogP) is 4.11. The summed E-state index contributed by atoms with van der Waals surface area (Å²) in [7, 11) is 1.81. The van der Waals surface area contributed by atoms with Gasteiger partial charge in [0.2, 0.25) is 5.91 Å². The van der Waals surface area contributed by atoms with Crippen molar-refractivity contribution in [1.29, 1.82) is 0 Å². The second-order valence-electron chi connectivity index (χ2n) is 7.27. The van der Waals surface area contributed by atoms with Gasteiger partial charge in [0.25, 0.3) is 5.56 Å². The summed E-state index contributed by atoms with van der Waals surface area (Å²) >= 11 is 1.40. The highest BCUT2D eigenvalue weighted by Crippen LogP contribution is 2.36. The summed E-state index contributed by atoms with van der Waals surface area (Å²) < 4.78 is 7.62. The average molecular weight is 434 g/mol. The maximum atomic E-state index is 12.9. The highest BCUT2D eigenvalue weighted by Gasteiger charge is 2.32. The summed E-state index contributed by atoms with van der Waals surface area (Å²) in [6, 6.07) is 17.5. The fraction of sp³-hybridized carbons (Fsp3) is 0.208. The van der Waals surface area contributed by atoms with Crippen molar-refractivity contribution < 1.29 is 9.53 Å². The maximum absolute atomic E-state index is 12.9. The van der Waals surface area contributed by atoms with Gasteiger partial charge in [-0.3, -0.25) is 9.59 Å². The van der Waals surface area contributed by atoms with Crippen LogP contribution in [0.25, 0.3) is 0 Å². The highest BCUT2D eigenvalue weighted by molar-refractivity contribution is 7.99. The molecule has 0 bridgehead atoms. The van der Waals surface area contributed by atoms with E-state index in [9.17, 15) is 9.59 Å². The fourth-order valence-corrected chi connectivity index (χ4v) is 4.32. The Balaban J connectivity index is 1.60. The molecule has 1 atom stereocenters. The summed E-state index contributed by atoms with van der Waals surface area (Å²) in [6.45, 7) is 4.18. The molecule has 31 heavy (non-hydrogen) atoms. The molecule has 2 heterocycles. The summed E-state index contributed by atoms with van der Waals surface area (Å²) in [6.07, 6.45) is 1.95. The van der Waals surface area contributed by atoms with E-state index < -0.39 is 0 Å². The molecule has 0 unspecified atom stereocenters. The number of benzene rings is 2. The second-order valence-corrected chi connectivity index (χ2v) is 8.26. The lowest BCUT2D eigenvalue weighted by atomic mass is 9.87. The number of hydrogen-bond donors (Lipinski definition) is 1. The number of thioether (sulfide) groups is 1. The topological polar surface area (TPSA) is 73.2 Å². The maximum Gasteiger partial charge on any atom is 0.279 e. The number of fused-ring (bicyclic) bond motifs is 1. The van der Waals surface area contributed by atoms with Gasteiger partial charge >= 0.3 is 0 Å². The Morgan fingerprint density at radius 1 is 1.19 bits per heavy atom. The van der Waals surface area contributed by atoms with Crippen molar-refractivity contribution >= 4 is 23.5 Å². The smallest absolute Gasteiger partial charge is 0.279 e. The first-order valence-electron chi connectivity index (χ1n) is 9.98. The number of hydrogen-bond acceptors (Lipinski definition) is 5. The van der Waals surface area contributed by atoms with E-state index in [0.29, 0.717) is 28.9 Å². The van der Waals surface area contributed by atoms with Gasteiger partial charge in [0.15, 0.2) is 5.16 Å². The zero-order valence-electron chi connectivity index (χ0n) is 17.2. The minimum Gasteiger partial charge on any atom is -0.489 e. The van der Waals surface area contributed by atoms with Crippen LogP contribution in [-0.2, 0) is 18.4 Å². The molecular weight excluding hydrogens is 410 g/mol. The van der Waals surface area contributed by atoms with Crippen LogP contribution < -0.4 is 15.6 Å². The van der Waals surface area contributed by atoms with Crippen LogP contribution in [0.4, 0.5) is 5.82 Å². The van der Waals surface area contributed by atoms with Crippen LogP contribution in [0.5, 0.6) is 5.75 Å². The minimum atomic E-state index is -0.350. The third-order valence-corrected chi connectivity index (χ3v) is 6.19. The molecule has 1 aromatic heterocycles. The molecule has 0 radical (unpaired) electrons. The van der Waals surface area contributed by atoms with E-state index in [1.165, 1.54) is 11.8 Å². The zero-order valence-corrected chi connectivity index (χ0v) is 18.0. The summed E-state index contributed by atoms with van der Waals surface area (Å²) in [5.41, 5.74) is 2.18. The van der Waals surface area contributed by atoms with Gasteiger partial charge in [-0.2, -0.15) is 4.98 Å². The van der Waals surface area contributed by atoms with Crippen molar-refractivity contribution in [1.82, 2.24) is 9.55 Å². The SMILES string of the molecule is C=CCSc1nc(=O)c2c(n1C)NC(=O)C[C@H]2c1ccc(OCc2ccccc2)cc1. The first-order valence-corrected chi connectivity index (χ1v) is 11.0. The third-order valence-electron chi connectivity index (χ3n) is 5.16. The molecule has 0 aliphatic carbocycles. The molecule has 7 heteroatoms. The van der Waals surface area contributed by atoms with Crippen LogP contribution in [0.15, 0.2) is 77.2 Å². The lowest BCUT2D eigenvalue weighted by molar-refractivity contribution is -0.116. The van der Waals surface area contributed by atoms with Crippen molar-refractivity contribution in [2.24, 2.45) is 7.05 Å². The molecule has 1 N–H and O–H groups in total. The Kier molecular flexibility index (Phi) is 6.23. The number of carbonyl (C=O) groups is 1. The Morgan fingerprint density at radius 2 is 1.94 bits per heavy atom. The summed E-state index contributed by atoms with van der Waals surface area (Å²) in [5, 5.41) is 3.41. The zero-order chi connectivity index (χ0) is 21.8. The largest absolute Gasteiger partial charge is 0.489 e. The Hall–Kier alpha value is -3.32. The third kappa shape index (κ3) is 4.56. The Bertz CT molecular complexity index is 1160. The molecule has 0 fully saturated rings.